The van der Waals surface area contributed by atoms with Gasteiger partial charge in [0.05, 0.1) is 4.90 Å². The van der Waals surface area contributed by atoms with Gasteiger partial charge in [-0.15, -0.1) is 4.40 Å². The Bertz CT molecular complexity index is 846. The number of halogens is 4. The zero-order valence-electron chi connectivity index (χ0n) is 11.0. The van der Waals surface area contributed by atoms with Crippen molar-refractivity contribution in [2.75, 3.05) is 0 Å². The second-order valence-corrected chi connectivity index (χ2v) is 9.26. The van der Waals surface area contributed by atoms with Crippen molar-refractivity contribution < 1.29 is 22.7 Å². The van der Waals surface area contributed by atoms with E-state index in [1.165, 1.54) is 0 Å². The van der Waals surface area contributed by atoms with Crippen LogP contribution < -0.4 is 9.84 Å². The normalized spacial score (nSPS) is 12.3. The van der Waals surface area contributed by atoms with Crippen LogP contribution in [0.4, 0.5) is 4.39 Å². The van der Waals surface area contributed by atoms with Crippen LogP contribution in [0.2, 0.25) is 0 Å². The van der Waals surface area contributed by atoms with Crippen molar-refractivity contribution in [1.82, 2.24) is 0 Å². The predicted octanol–water partition coefficient (Wildman–Crippen LogP) is 3.12. The van der Waals surface area contributed by atoms with Crippen molar-refractivity contribution >= 4 is 83.9 Å². The molecule has 0 aliphatic carbocycles. The molecule has 0 saturated heterocycles. The lowest BCUT2D eigenvalue weighted by molar-refractivity contribution is -0.239. The first-order chi connectivity index (χ1) is 10.7. The Morgan fingerprint density at radius 1 is 1.09 bits per heavy atom. The van der Waals surface area contributed by atoms with Gasteiger partial charge >= 0.3 is 0 Å². The van der Waals surface area contributed by atoms with Gasteiger partial charge in [0.2, 0.25) is 0 Å². The summed E-state index contributed by atoms with van der Waals surface area (Å²) in [5.41, 5.74) is 0. The lowest BCUT2D eigenvalue weighted by Gasteiger charge is -2.18. The molecule has 0 heterocycles. The van der Waals surface area contributed by atoms with Gasteiger partial charge in [0.15, 0.2) is 6.08 Å². The highest BCUT2D eigenvalue weighted by Gasteiger charge is 2.13. The van der Waals surface area contributed by atoms with Gasteiger partial charge in [-0.1, -0.05) is 0 Å². The van der Waals surface area contributed by atoms with Crippen molar-refractivity contribution in [1.29, 1.82) is 0 Å². The van der Waals surface area contributed by atoms with Crippen LogP contribution in [0.25, 0.3) is 0 Å². The molecule has 0 aliphatic heterocycles. The van der Waals surface area contributed by atoms with E-state index in [1.54, 1.807) is 12.1 Å². The number of hydrogen-bond donors (Lipinski definition) is 0. The van der Waals surface area contributed by atoms with E-state index in [2.05, 4.69) is 27.0 Å². The standard InChI is InChI=1S/C13H7FI3NO4S/c14-7-1-3-9(4-2-7)23(20,21)18-13(19)22-12-10(16)5-8(15)6-11(12)17/h1-6H,(H,18,19)/p-1. The van der Waals surface area contributed by atoms with Crippen LogP contribution in [0.5, 0.6) is 5.75 Å². The minimum absolute atomic E-state index is 0.245. The van der Waals surface area contributed by atoms with Gasteiger partial charge in [-0.2, -0.15) is 8.42 Å². The molecule has 122 valence electrons. The molecule has 0 aliphatic rings. The molecule has 0 amide bonds. The lowest BCUT2D eigenvalue weighted by atomic mass is 10.3. The average Bonchev–Trinajstić information content (AvgIpc) is 2.42. The summed E-state index contributed by atoms with van der Waals surface area (Å²) in [5, 5.41) is 11.8. The number of rotatable bonds is 3. The molecule has 0 aromatic heterocycles. The summed E-state index contributed by atoms with van der Waals surface area (Å²) in [5.74, 6) is -0.343. The van der Waals surface area contributed by atoms with Gasteiger partial charge in [-0.05, 0) is 104 Å². The van der Waals surface area contributed by atoms with E-state index in [1.807, 2.05) is 45.2 Å². The number of nitrogens with zero attached hydrogens (tertiary/aromatic N) is 1. The molecule has 0 radical (unpaired) electrons. The van der Waals surface area contributed by atoms with Crippen LogP contribution in [0.3, 0.4) is 0 Å². The lowest BCUT2D eigenvalue weighted by Crippen LogP contribution is -2.26. The number of hydrogen-bond acceptors (Lipinski definition) is 4. The van der Waals surface area contributed by atoms with E-state index in [-0.39, 0.29) is 10.6 Å². The van der Waals surface area contributed by atoms with Crippen LogP contribution in [0, 0.1) is 16.5 Å². The van der Waals surface area contributed by atoms with E-state index in [0.29, 0.717) is 7.14 Å². The van der Waals surface area contributed by atoms with Crippen molar-refractivity contribution in [3.63, 3.8) is 0 Å². The molecule has 2 rings (SSSR count). The summed E-state index contributed by atoms with van der Waals surface area (Å²) >= 11 is 6.07. The Morgan fingerprint density at radius 2 is 1.61 bits per heavy atom. The SMILES string of the molecule is O=S(=O)(/N=C(/[O-])Oc1c(I)cc(I)cc1I)c1ccc(F)cc1. The zero-order chi connectivity index (χ0) is 17.2. The third-order valence-corrected chi connectivity index (χ3v) is 5.94. The van der Waals surface area contributed by atoms with Gasteiger partial charge in [-0.3, -0.25) is 0 Å². The monoisotopic (exact) mass is 672 g/mol. The highest BCUT2D eigenvalue weighted by atomic mass is 127. The Balaban J connectivity index is 2.31. The molecule has 0 N–H and O–H groups in total. The second-order valence-electron chi connectivity index (χ2n) is 4.09. The van der Waals surface area contributed by atoms with E-state index in [0.717, 1.165) is 27.8 Å². The topological polar surface area (TPSA) is 78.8 Å². The van der Waals surface area contributed by atoms with Crippen LogP contribution in [-0.4, -0.2) is 14.5 Å². The molecule has 2 aromatic rings. The third-order valence-electron chi connectivity index (χ3n) is 2.46. The first kappa shape index (κ1) is 19.1. The average molecular weight is 672 g/mol. The summed E-state index contributed by atoms with van der Waals surface area (Å²) in [4.78, 5) is -0.289. The van der Waals surface area contributed by atoms with Crippen LogP contribution >= 0.6 is 67.8 Å². The van der Waals surface area contributed by atoms with E-state index < -0.39 is 21.9 Å². The summed E-state index contributed by atoms with van der Waals surface area (Å²) < 4.78 is 47.2. The minimum Gasteiger partial charge on any atom is -0.564 e. The third kappa shape index (κ3) is 5.12. The molecule has 0 fully saturated rings. The maximum Gasteiger partial charge on any atom is 0.284 e. The number of benzene rings is 2. The van der Waals surface area contributed by atoms with Crippen LogP contribution in [0.15, 0.2) is 45.7 Å². The molecule has 5 nitrogen and oxygen atoms in total. The Kier molecular flexibility index (Phi) is 6.46. The molecule has 0 saturated carbocycles. The molecular weight excluding hydrogens is 666 g/mol. The summed E-state index contributed by atoms with van der Waals surface area (Å²) in [6, 6.07) is 7.55. The highest BCUT2D eigenvalue weighted by Crippen LogP contribution is 2.29. The maximum absolute atomic E-state index is 12.8. The molecule has 0 bridgehead atoms. The van der Waals surface area contributed by atoms with Gasteiger partial charge in [0.25, 0.3) is 10.0 Å². The van der Waals surface area contributed by atoms with Gasteiger partial charge in [-0.25, -0.2) is 4.39 Å². The molecular formula is C13H6FI3NO4S-. The fraction of sp³-hybridized carbons (Fsp3) is 0. The van der Waals surface area contributed by atoms with Gasteiger partial charge < -0.3 is 9.84 Å². The van der Waals surface area contributed by atoms with Crippen molar-refractivity contribution in [3.05, 3.63) is 52.9 Å². The van der Waals surface area contributed by atoms with Crippen molar-refractivity contribution in [2.24, 2.45) is 4.40 Å². The zero-order valence-corrected chi connectivity index (χ0v) is 18.3. The first-order valence-corrected chi connectivity index (χ1v) is 10.5. The smallest absolute Gasteiger partial charge is 0.284 e. The fourth-order valence-corrected chi connectivity index (χ4v) is 6.11. The van der Waals surface area contributed by atoms with Crippen molar-refractivity contribution in [2.45, 2.75) is 4.90 Å². The molecule has 2 aromatic carbocycles. The molecule has 0 spiro atoms. The molecule has 10 heteroatoms. The summed E-state index contributed by atoms with van der Waals surface area (Å²) in [6.07, 6.45) is -1.26. The quantitative estimate of drug-likeness (QED) is 0.286. The summed E-state index contributed by atoms with van der Waals surface area (Å²) in [6.45, 7) is 0. The van der Waals surface area contributed by atoms with Crippen LogP contribution in [0.1, 0.15) is 0 Å². The second kappa shape index (κ2) is 7.77. The van der Waals surface area contributed by atoms with Gasteiger partial charge in [0.1, 0.15) is 5.82 Å². The molecule has 0 unspecified atom stereocenters. The fourth-order valence-electron chi connectivity index (χ4n) is 1.49. The van der Waals surface area contributed by atoms with E-state index in [9.17, 15) is 17.9 Å². The minimum atomic E-state index is -4.25. The highest BCUT2D eigenvalue weighted by molar-refractivity contribution is 14.1. The number of ether oxygens (including phenoxy) is 1. The predicted molar refractivity (Wildman–Crippen MR) is 106 cm³/mol. The number of sulfonamides is 1. The molecule has 0 atom stereocenters. The Labute approximate surface area is 172 Å². The van der Waals surface area contributed by atoms with E-state index >= 15 is 0 Å². The maximum atomic E-state index is 12.8. The van der Waals surface area contributed by atoms with Crippen LogP contribution in [-0.2, 0) is 10.0 Å². The van der Waals surface area contributed by atoms with Gasteiger partial charge in [0, 0.05) is 16.5 Å². The van der Waals surface area contributed by atoms with E-state index in [4.69, 9.17) is 4.74 Å². The molecule has 23 heavy (non-hydrogen) atoms. The summed E-state index contributed by atoms with van der Waals surface area (Å²) in [7, 11) is -4.25. The Hall–Kier alpha value is -0.220. The largest absolute Gasteiger partial charge is 0.564 e. The first-order valence-electron chi connectivity index (χ1n) is 5.79. The van der Waals surface area contributed by atoms with Crippen molar-refractivity contribution in [3.8, 4) is 5.75 Å². The Morgan fingerprint density at radius 3 is 2.13 bits per heavy atom.